The van der Waals surface area contributed by atoms with Gasteiger partial charge in [-0.2, -0.15) is 0 Å². The highest BCUT2D eigenvalue weighted by atomic mass is 35.5. The highest BCUT2D eigenvalue weighted by Gasteiger charge is 2.23. The second-order valence-corrected chi connectivity index (χ2v) is 5.99. The zero-order valence-corrected chi connectivity index (χ0v) is 15.0. The monoisotopic (exact) mass is 364 g/mol. The number of amides is 1. The van der Waals surface area contributed by atoms with Crippen LogP contribution in [0.1, 0.15) is 37.0 Å². The Morgan fingerprint density at radius 2 is 1.88 bits per heavy atom. The number of anilines is 2. The minimum Gasteiger partial charge on any atom is -0.383 e. The van der Waals surface area contributed by atoms with E-state index in [4.69, 9.17) is 17.3 Å². The minimum absolute atomic E-state index is 0.00800. The van der Waals surface area contributed by atoms with Gasteiger partial charge in [0.1, 0.15) is 5.82 Å². The molecule has 25 heavy (non-hydrogen) atoms. The number of nitrogen functional groups attached to an aromatic ring is 1. The van der Waals surface area contributed by atoms with E-state index in [1.807, 2.05) is 6.92 Å². The van der Waals surface area contributed by atoms with Gasteiger partial charge in [-0.1, -0.05) is 24.9 Å². The van der Waals surface area contributed by atoms with Crippen molar-refractivity contribution in [1.82, 2.24) is 9.55 Å². The Balaban J connectivity index is 2.53. The first kappa shape index (κ1) is 18.8. The van der Waals surface area contributed by atoms with Crippen molar-refractivity contribution in [3.8, 4) is 0 Å². The lowest BCUT2D eigenvalue weighted by atomic mass is 10.2. The van der Waals surface area contributed by atoms with Gasteiger partial charge >= 0.3 is 5.69 Å². The van der Waals surface area contributed by atoms with Gasteiger partial charge in [-0.05, 0) is 37.6 Å². The quantitative estimate of drug-likeness (QED) is 0.820. The fourth-order valence-electron chi connectivity index (χ4n) is 2.53. The van der Waals surface area contributed by atoms with E-state index in [-0.39, 0.29) is 18.1 Å². The van der Waals surface area contributed by atoms with Gasteiger partial charge in [-0.3, -0.25) is 19.1 Å². The first-order valence-corrected chi connectivity index (χ1v) is 8.48. The Bertz CT molecular complexity index is 871. The molecule has 1 amide bonds. The fourth-order valence-corrected chi connectivity index (χ4v) is 2.65. The third-order valence-corrected chi connectivity index (χ3v) is 4.12. The predicted octanol–water partition coefficient (Wildman–Crippen LogP) is 2.24. The molecule has 0 spiro atoms. The van der Waals surface area contributed by atoms with E-state index in [9.17, 15) is 14.4 Å². The lowest BCUT2D eigenvalue weighted by Crippen LogP contribution is -2.41. The topological polar surface area (TPSA) is 101 Å². The molecule has 8 heteroatoms. The van der Waals surface area contributed by atoms with Crippen molar-refractivity contribution in [2.24, 2.45) is 0 Å². The Hall–Kier alpha value is -2.54. The molecule has 0 atom stereocenters. The molecule has 0 aliphatic rings. The van der Waals surface area contributed by atoms with Crippen LogP contribution in [0.5, 0.6) is 0 Å². The zero-order valence-electron chi connectivity index (χ0n) is 14.2. The smallest absolute Gasteiger partial charge is 0.330 e. The fraction of sp³-hybridized carbons (Fsp3) is 0.353. The second-order valence-electron chi connectivity index (χ2n) is 5.55. The summed E-state index contributed by atoms with van der Waals surface area (Å²) in [7, 11) is 0. The van der Waals surface area contributed by atoms with Crippen molar-refractivity contribution in [2.45, 2.75) is 33.2 Å². The Labute approximate surface area is 150 Å². The van der Waals surface area contributed by atoms with Gasteiger partial charge in [0.15, 0.2) is 5.69 Å². The van der Waals surface area contributed by atoms with Crippen LogP contribution in [0.2, 0.25) is 5.02 Å². The first-order valence-electron chi connectivity index (χ1n) is 8.10. The standard InChI is InChI=1S/C17H21ClN4O3/c1-3-5-10-22-14(19)13(15(23)20-17(22)25)21(4-2)16(24)11-6-8-12(18)9-7-11/h6-9H,3-5,10,19H2,1-2H3,(H,20,23,25). The number of carbonyl (C=O) groups excluding carboxylic acids is 1. The van der Waals surface area contributed by atoms with Crippen LogP contribution in [0.15, 0.2) is 33.9 Å². The summed E-state index contributed by atoms with van der Waals surface area (Å²) < 4.78 is 1.29. The van der Waals surface area contributed by atoms with E-state index in [1.165, 1.54) is 9.47 Å². The number of nitrogens with two attached hydrogens (primary N) is 1. The number of rotatable bonds is 6. The number of H-pyrrole nitrogens is 1. The molecule has 0 aliphatic heterocycles. The number of aromatic amines is 1. The van der Waals surface area contributed by atoms with Crippen LogP contribution < -0.4 is 21.9 Å². The van der Waals surface area contributed by atoms with Gasteiger partial charge in [0.25, 0.3) is 11.5 Å². The van der Waals surface area contributed by atoms with E-state index in [1.54, 1.807) is 31.2 Å². The number of halogens is 1. The molecule has 2 rings (SSSR count). The van der Waals surface area contributed by atoms with Crippen molar-refractivity contribution < 1.29 is 4.79 Å². The van der Waals surface area contributed by atoms with Crippen molar-refractivity contribution in [3.05, 3.63) is 55.7 Å². The first-order chi connectivity index (χ1) is 11.9. The molecular formula is C17H21ClN4O3. The molecule has 0 unspecified atom stereocenters. The molecule has 0 radical (unpaired) electrons. The molecule has 2 aromatic rings. The number of carbonyl (C=O) groups is 1. The number of hydrogen-bond donors (Lipinski definition) is 2. The average Bonchev–Trinajstić information content (AvgIpc) is 2.58. The SMILES string of the molecule is CCCCn1c(N)c(N(CC)C(=O)c2ccc(Cl)cc2)c(=O)[nH]c1=O. The van der Waals surface area contributed by atoms with Crippen LogP contribution in [0.3, 0.4) is 0 Å². The van der Waals surface area contributed by atoms with Gasteiger partial charge in [0.2, 0.25) is 0 Å². The zero-order chi connectivity index (χ0) is 18.6. The molecular weight excluding hydrogens is 344 g/mol. The molecule has 3 N–H and O–H groups in total. The Kier molecular flexibility index (Phi) is 6.03. The molecule has 0 saturated heterocycles. The van der Waals surface area contributed by atoms with Crippen LogP contribution in [0, 0.1) is 0 Å². The maximum Gasteiger partial charge on any atom is 0.330 e. The second kappa shape index (κ2) is 8.02. The van der Waals surface area contributed by atoms with Gasteiger partial charge in [0, 0.05) is 23.7 Å². The highest BCUT2D eigenvalue weighted by molar-refractivity contribution is 6.30. The predicted molar refractivity (Wildman–Crippen MR) is 99.4 cm³/mol. The number of benzene rings is 1. The van der Waals surface area contributed by atoms with E-state index >= 15 is 0 Å². The maximum atomic E-state index is 12.8. The van der Waals surface area contributed by atoms with Gasteiger partial charge in [-0.15, -0.1) is 0 Å². The maximum absolute atomic E-state index is 12.8. The largest absolute Gasteiger partial charge is 0.383 e. The highest BCUT2D eigenvalue weighted by Crippen LogP contribution is 2.20. The normalized spacial score (nSPS) is 10.7. The summed E-state index contributed by atoms with van der Waals surface area (Å²) in [6.07, 6.45) is 1.59. The lowest BCUT2D eigenvalue weighted by Gasteiger charge is -2.23. The molecule has 0 fully saturated rings. The van der Waals surface area contributed by atoms with E-state index in [2.05, 4.69) is 4.98 Å². The van der Waals surface area contributed by atoms with Crippen molar-refractivity contribution in [1.29, 1.82) is 0 Å². The minimum atomic E-state index is -0.681. The third kappa shape index (κ3) is 3.93. The number of aromatic nitrogens is 2. The van der Waals surface area contributed by atoms with Crippen LogP contribution in [-0.4, -0.2) is 22.0 Å². The Morgan fingerprint density at radius 3 is 2.44 bits per heavy atom. The molecule has 1 aromatic heterocycles. The van der Waals surface area contributed by atoms with Crippen molar-refractivity contribution >= 4 is 29.0 Å². The van der Waals surface area contributed by atoms with E-state index < -0.39 is 17.2 Å². The van der Waals surface area contributed by atoms with Gasteiger partial charge in [0.05, 0.1) is 0 Å². The number of unbranched alkanes of at least 4 members (excludes halogenated alkanes) is 1. The third-order valence-electron chi connectivity index (χ3n) is 3.87. The molecule has 0 aliphatic carbocycles. The summed E-state index contributed by atoms with van der Waals surface area (Å²) in [5.74, 6) is -0.400. The summed E-state index contributed by atoms with van der Waals surface area (Å²) in [6.45, 7) is 4.31. The van der Waals surface area contributed by atoms with E-state index in [0.717, 1.165) is 12.8 Å². The average molecular weight is 365 g/mol. The number of nitrogens with zero attached hydrogens (tertiary/aromatic N) is 2. The summed E-state index contributed by atoms with van der Waals surface area (Å²) in [5, 5.41) is 0.505. The molecule has 0 bridgehead atoms. The molecule has 7 nitrogen and oxygen atoms in total. The Morgan fingerprint density at radius 1 is 1.24 bits per heavy atom. The summed E-state index contributed by atoms with van der Waals surface area (Å²) in [6, 6.07) is 6.34. The van der Waals surface area contributed by atoms with Crippen LogP contribution >= 0.6 is 11.6 Å². The molecule has 134 valence electrons. The number of hydrogen-bond acceptors (Lipinski definition) is 4. The van der Waals surface area contributed by atoms with Crippen LogP contribution in [0.25, 0.3) is 0 Å². The number of nitrogens with one attached hydrogen (secondary N) is 1. The van der Waals surface area contributed by atoms with Gasteiger partial charge < -0.3 is 10.6 Å². The van der Waals surface area contributed by atoms with Crippen LogP contribution in [-0.2, 0) is 6.54 Å². The van der Waals surface area contributed by atoms with E-state index in [0.29, 0.717) is 17.1 Å². The lowest BCUT2D eigenvalue weighted by molar-refractivity contribution is 0.0988. The molecule has 1 aromatic carbocycles. The molecule has 1 heterocycles. The van der Waals surface area contributed by atoms with Gasteiger partial charge in [-0.25, -0.2) is 4.79 Å². The summed E-state index contributed by atoms with van der Waals surface area (Å²) in [5.41, 5.74) is 5.17. The summed E-state index contributed by atoms with van der Waals surface area (Å²) in [4.78, 5) is 40.6. The molecule has 0 saturated carbocycles. The van der Waals surface area contributed by atoms with Crippen molar-refractivity contribution in [2.75, 3.05) is 17.2 Å². The van der Waals surface area contributed by atoms with Crippen molar-refractivity contribution in [3.63, 3.8) is 0 Å². The summed E-state index contributed by atoms with van der Waals surface area (Å²) >= 11 is 5.85. The van der Waals surface area contributed by atoms with Crippen LogP contribution in [0.4, 0.5) is 11.5 Å².